The number of benzene rings is 1. The predicted molar refractivity (Wildman–Crippen MR) is 124 cm³/mol. The van der Waals surface area contributed by atoms with Gasteiger partial charge in [0.15, 0.2) is 5.11 Å². The van der Waals surface area contributed by atoms with Gasteiger partial charge in [0, 0.05) is 18.7 Å². The fourth-order valence-corrected chi connectivity index (χ4v) is 3.65. The van der Waals surface area contributed by atoms with Gasteiger partial charge in [0.1, 0.15) is 11.8 Å². The van der Waals surface area contributed by atoms with Crippen LogP contribution in [0.5, 0.6) is 5.75 Å². The highest BCUT2D eigenvalue weighted by Gasteiger charge is 2.34. The summed E-state index contributed by atoms with van der Waals surface area (Å²) in [5, 5.41) is 5.46. The molecule has 1 aliphatic heterocycles. The van der Waals surface area contributed by atoms with Crippen molar-refractivity contribution in [3.05, 3.63) is 28.2 Å². The van der Waals surface area contributed by atoms with Gasteiger partial charge in [-0.15, -0.1) is 0 Å². The molecular formula is C21H28BrN3O5S. The van der Waals surface area contributed by atoms with Crippen LogP contribution in [0.3, 0.4) is 0 Å². The Balaban J connectivity index is 2.04. The van der Waals surface area contributed by atoms with E-state index in [1.165, 1.54) is 0 Å². The molecule has 1 aromatic rings. The third-order valence-corrected chi connectivity index (χ3v) is 5.36. The second-order valence-electron chi connectivity index (χ2n) is 7.53. The van der Waals surface area contributed by atoms with Crippen molar-refractivity contribution in [3.8, 4) is 5.75 Å². The Labute approximate surface area is 196 Å². The van der Waals surface area contributed by atoms with Crippen LogP contribution >= 0.6 is 28.1 Å². The largest absolute Gasteiger partial charge is 0.492 e. The van der Waals surface area contributed by atoms with E-state index < -0.39 is 17.9 Å². The second-order valence-corrected chi connectivity index (χ2v) is 8.78. The highest BCUT2D eigenvalue weighted by Crippen LogP contribution is 2.26. The van der Waals surface area contributed by atoms with E-state index >= 15 is 0 Å². The lowest BCUT2D eigenvalue weighted by Gasteiger charge is -2.36. The Morgan fingerprint density at radius 3 is 2.77 bits per heavy atom. The predicted octanol–water partition coefficient (Wildman–Crippen LogP) is 2.64. The smallest absolute Gasteiger partial charge is 0.308 e. The van der Waals surface area contributed by atoms with Crippen molar-refractivity contribution in [2.24, 2.45) is 5.92 Å². The number of rotatable bonds is 8. The number of thiocarbonyl (C=S) groups is 1. The molecule has 31 heavy (non-hydrogen) atoms. The maximum Gasteiger partial charge on any atom is 0.308 e. The zero-order chi connectivity index (χ0) is 23.0. The van der Waals surface area contributed by atoms with Gasteiger partial charge in [-0.25, -0.2) is 0 Å². The third kappa shape index (κ3) is 7.46. The van der Waals surface area contributed by atoms with Gasteiger partial charge in [0.2, 0.25) is 5.91 Å². The van der Waals surface area contributed by atoms with E-state index in [2.05, 4.69) is 26.6 Å². The van der Waals surface area contributed by atoms with E-state index in [0.717, 1.165) is 0 Å². The number of hydrogen-bond donors (Lipinski definition) is 2. The number of halogens is 1. The summed E-state index contributed by atoms with van der Waals surface area (Å²) in [5.41, 5.74) is 0.381. The first-order valence-electron chi connectivity index (χ1n) is 10.2. The summed E-state index contributed by atoms with van der Waals surface area (Å²) in [7, 11) is 0. The van der Waals surface area contributed by atoms with Gasteiger partial charge in [-0.1, -0.05) is 20.8 Å². The fourth-order valence-electron chi connectivity index (χ4n) is 2.85. The van der Waals surface area contributed by atoms with E-state index in [-0.39, 0.29) is 17.4 Å². The SMILES string of the molecule is CCCOC(=O)CC1C(=O)NCCN1C(=S)NC(=O)c1ccc(OCC(C)C)c(Br)c1. The van der Waals surface area contributed by atoms with E-state index in [4.69, 9.17) is 21.7 Å². The lowest BCUT2D eigenvalue weighted by Crippen LogP contribution is -2.60. The lowest BCUT2D eigenvalue weighted by atomic mass is 10.1. The topological polar surface area (TPSA) is 97.0 Å². The fraction of sp³-hybridized carbons (Fsp3) is 0.524. The van der Waals surface area contributed by atoms with Gasteiger partial charge in [-0.05, 0) is 58.7 Å². The molecule has 2 rings (SSSR count). The minimum atomic E-state index is -0.829. The molecule has 1 heterocycles. The molecule has 2 N–H and O–H groups in total. The van der Waals surface area contributed by atoms with Crippen molar-refractivity contribution < 1.29 is 23.9 Å². The van der Waals surface area contributed by atoms with Crippen LogP contribution < -0.4 is 15.4 Å². The average molecular weight is 514 g/mol. The zero-order valence-corrected chi connectivity index (χ0v) is 20.3. The maximum atomic E-state index is 12.7. The summed E-state index contributed by atoms with van der Waals surface area (Å²) in [5.74, 6) is -0.207. The molecule has 0 saturated carbocycles. The van der Waals surface area contributed by atoms with E-state index in [9.17, 15) is 14.4 Å². The number of nitrogens with one attached hydrogen (secondary N) is 2. The lowest BCUT2D eigenvalue weighted by molar-refractivity contribution is -0.147. The first-order valence-corrected chi connectivity index (χ1v) is 11.4. The molecule has 1 aliphatic rings. The molecule has 0 aliphatic carbocycles. The quantitative estimate of drug-likeness (QED) is 0.407. The molecule has 2 amide bonds. The molecule has 0 aromatic heterocycles. The van der Waals surface area contributed by atoms with Crippen LogP contribution in [0.1, 0.15) is 44.0 Å². The molecule has 0 radical (unpaired) electrons. The van der Waals surface area contributed by atoms with E-state index in [0.29, 0.717) is 54.4 Å². The molecule has 8 nitrogen and oxygen atoms in total. The van der Waals surface area contributed by atoms with Crippen LogP contribution in [0.25, 0.3) is 0 Å². The molecule has 1 unspecified atom stereocenters. The van der Waals surface area contributed by atoms with Gasteiger partial charge in [0.25, 0.3) is 5.91 Å². The van der Waals surface area contributed by atoms with Crippen molar-refractivity contribution in [3.63, 3.8) is 0 Å². The van der Waals surface area contributed by atoms with E-state index in [1.54, 1.807) is 23.1 Å². The molecule has 0 bridgehead atoms. The number of amides is 2. The first kappa shape index (κ1) is 25.1. The Kier molecular flexibility index (Phi) is 9.70. The van der Waals surface area contributed by atoms with Crippen LogP contribution in [0, 0.1) is 5.92 Å². The van der Waals surface area contributed by atoms with Crippen LogP contribution in [-0.2, 0) is 14.3 Å². The van der Waals surface area contributed by atoms with Gasteiger partial charge >= 0.3 is 5.97 Å². The summed E-state index contributed by atoms with van der Waals surface area (Å²) in [6.07, 6.45) is 0.549. The molecule has 1 aromatic carbocycles. The number of ether oxygens (including phenoxy) is 2. The average Bonchev–Trinajstić information content (AvgIpc) is 2.72. The van der Waals surface area contributed by atoms with Gasteiger partial charge in [0.05, 0.1) is 24.1 Å². The number of esters is 1. The molecule has 1 saturated heterocycles. The minimum Gasteiger partial charge on any atom is -0.492 e. The minimum absolute atomic E-state index is 0.0874. The third-order valence-electron chi connectivity index (χ3n) is 4.41. The summed E-state index contributed by atoms with van der Waals surface area (Å²) in [6.45, 7) is 7.58. The molecule has 1 atom stereocenters. The highest BCUT2D eigenvalue weighted by molar-refractivity contribution is 9.10. The normalized spacial score (nSPS) is 16.0. The molecule has 10 heteroatoms. The van der Waals surface area contributed by atoms with Gasteiger partial charge < -0.3 is 19.7 Å². The van der Waals surface area contributed by atoms with Crippen molar-refractivity contribution in [1.82, 2.24) is 15.5 Å². The van der Waals surface area contributed by atoms with Crippen LogP contribution in [-0.4, -0.2) is 60.1 Å². The molecular weight excluding hydrogens is 486 g/mol. The zero-order valence-electron chi connectivity index (χ0n) is 17.9. The van der Waals surface area contributed by atoms with Crippen molar-refractivity contribution in [2.75, 3.05) is 26.3 Å². The Morgan fingerprint density at radius 1 is 1.39 bits per heavy atom. The molecule has 1 fully saturated rings. The van der Waals surface area contributed by atoms with Crippen LogP contribution in [0.15, 0.2) is 22.7 Å². The van der Waals surface area contributed by atoms with Crippen molar-refractivity contribution in [1.29, 1.82) is 0 Å². The monoisotopic (exact) mass is 513 g/mol. The number of hydrogen-bond acceptors (Lipinski definition) is 6. The summed E-state index contributed by atoms with van der Waals surface area (Å²) in [6, 6.07) is 4.17. The van der Waals surface area contributed by atoms with E-state index in [1.807, 2.05) is 20.8 Å². The highest BCUT2D eigenvalue weighted by atomic mass is 79.9. The molecule has 0 spiro atoms. The summed E-state index contributed by atoms with van der Waals surface area (Å²) < 4.78 is 11.4. The first-order chi connectivity index (χ1) is 14.7. The van der Waals surface area contributed by atoms with Crippen molar-refractivity contribution in [2.45, 2.75) is 39.7 Å². The van der Waals surface area contributed by atoms with Crippen LogP contribution in [0.4, 0.5) is 0 Å². The Hall–Kier alpha value is -2.20. The standard InChI is InChI=1S/C21H28BrN3O5S/c1-4-9-29-18(26)11-16-20(28)23-7-8-25(16)21(31)24-19(27)14-5-6-17(15(22)10-14)30-12-13(2)3/h5-6,10,13,16H,4,7-9,11-12H2,1-3H3,(H,23,28)(H,24,27,31). The number of piperazine rings is 1. The van der Waals surface area contributed by atoms with Gasteiger partial charge in [-0.3, -0.25) is 19.7 Å². The number of carbonyl (C=O) groups is 3. The van der Waals surface area contributed by atoms with Crippen molar-refractivity contribution >= 4 is 51.0 Å². The van der Waals surface area contributed by atoms with Gasteiger partial charge in [-0.2, -0.15) is 0 Å². The number of nitrogens with zero attached hydrogens (tertiary/aromatic N) is 1. The second kappa shape index (κ2) is 12.0. The Morgan fingerprint density at radius 2 is 2.13 bits per heavy atom. The maximum absolute atomic E-state index is 12.7. The summed E-state index contributed by atoms with van der Waals surface area (Å²) in [4.78, 5) is 38.6. The Bertz CT molecular complexity index is 833. The number of carbonyl (C=O) groups excluding carboxylic acids is 3. The summed E-state index contributed by atoms with van der Waals surface area (Å²) >= 11 is 8.80. The van der Waals surface area contributed by atoms with Crippen LogP contribution in [0.2, 0.25) is 0 Å². The molecule has 170 valence electrons.